The molecule has 134 valence electrons. The molecule has 25 heavy (non-hydrogen) atoms. The number of fused-ring (bicyclic) bond motifs is 1. The first-order valence-electron chi connectivity index (χ1n) is 8.28. The number of ether oxygens (including phenoxy) is 1. The highest BCUT2D eigenvalue weighted by Gasteiger charge is 2.17. The second-order valence-corrected chi connectivity index (χ2v) is 7.58. The molecule has 1 aliphatic heterocycles. The van der Waals surface area contributed by atoms with Crippen LogP contribution in [0.15, 0.2) is 29.3 Å². The van der Waals surface area contributed by atoms with Gasteiger partial charge in [-0.3, -0.25) is 9.59 Å². The molecule has 2 amide bonds. The first-order valence-corrected chi connectivity index (χ1v) is 10.3. The van der Waals surface area contributed by atoms with Gasteiger partial charge in [0.1, 0.15) is 0 Å². The molecule has 1 aromatic carbocycles. The highest BCUT2D eigenvalue weighted by atomic mass is 32.2. The fourth-order valence-electron chi connectivity index (χ4n) is 2.68. The predicted octanol–water partition coefficient (Wildman–Crippen LogP) is 1.74. The molecule has 1 saturated heterocycles. The summed E-state index contributed by atoms with van der Waals surface area (Å²) >= 11 is 2.84. The molecule has 3 rings (SSSR count). The van der Waals surface area contributed by atoms with Crippen LogP contribution < -0.4 is 4.80 Å². The number of benzene rings is 1. The zero-order chi connectivity index (χ0) is 17.6. The van der Waals surface area contributed by atoms with Gasteiger partial charge in [0.15, 0.2) is 4.80 Å². The quantitative estimate of drug-likeness (QED) is 0.794. The van der Waals surface area contributed by atoms with Gasteiger partial charge in [0.05, 0.1) is 34.9 Å². The number of rotatable bonds is 5. The molecule has 0 radical (unpaired) electrons. The Hall–Kier alpha value is -1.64. The van der Waals surface area contributed by atoms with Gasteiger partial charge in [0, 0.05) is 19.6 Å². The number of morpholine rings is 1. The van der Waals surface area contributed by atoms with E-state index in [-0.39, 0.29) is 17.6 Å². The van der Waals surface area contributed by atoms with Crippen LogP contribution in [0.3, 0.4) is 0 Å². The lowest BCUT2D eigenvalue weighted by molar-refractivity contribution is -0.132. The first-order chi connectivity index (χ1) is 12.2. The number of para-hydroxylation sites is 1. The number of hydrogen-bond donors (Lipinski definition) is 0. The zero-order valence-corrected chi connectivity index (χ0v) is 15.8. The van der Waals surface area contributed by atoms with E-state index >= 15 is 0 Å². The average Bonchev–Trinajstić information content (AvgIpc) is 2.99. The summed E-state index contributed by atoms with van der Waals surface area (Å²) in [4.78, 5) is 31.0. The maximum absolute atomic E-state index is 12.2. The van der Waals surface area contributed by atoms with Gasteiger partial charge >= 0.3 is 0 Å². The van der Waals surface area contributed by atoms with E-state index in [0.717, 1.165) is 16.8 Å². The lowest BCUT2D eigenvalue weighted by Gasteiger charge is -2.26. The minimum atomic E-state index is -0.200. The molecular weight excluding hydrogens is 358 g/mol. The summed E-state index contributed by atoms with van der Waals surface area (Å²) in [5.41, 5.74) is 1.09. The number of hydrogen-bond acceptors (Lipinski definition) is 5. The lowest BCUT2D eigenvalue weighted by atomic mass is 10.3. The highest BCUT2D eigenvalue weighted by molar-refractivity contribution is 8.00. The molecule has 6 nitrogen and oxygen atoms in total. The highest BCUT2D eigenvalue weighted by Crippen LogP contribution is 2.16. The van der Waals surface area contributed by atoms with E-state index in [1.165, 1.54) is 23.1 Å². The Balaban J connectivity index is 1.60. The normalized spacial score (nSPS) is 15.7. The van der Waals surface area contributed by atoms with Crippen LogP contribution in [0.2, 0.25) is 0 Å². The number of carbonyl (C=O) groups excluding carboxylic acids is 2. The summed E-state index contributed by atoms with van der Waals surface area (Å²) in [5, 5.41) is 0. The van der Waals surface area contributed by atoms with Gasteiger partial charge in [-0.15, -0.1) is 11.8 Å². The van der Waals surface area contributed by atoms with E-state index in [9.17, 15) is 9.59 Å². The predicted molar refractivity (Wildman–Crippen MR) is 101 cm³/mol. The largest absolute Gasteiger partial charge is 0.378 e. The standard InChI is InChI=1S/C17H21N3O3S2/c1-2-20-13-5-3-4-6-14(13)25-17(20)18-15(21)11-24-12-16(22)19-7-9-23-10-8-19/h3-6H,2,7-12H2,1H3. The minimum Gasteiger partial charge on any atom is -0.378 e. The molecule has 1 aliphatic rings. The monoisotopic (exact) mass is 379 g/mol. The molecule has 0 aliphatic carbocycles. The van der Waals surface area contributed by atoms with Crippen LogP contribution in [0.25, 0.3) is 10.2 Å². The van der Waals surface area contributed by atoms with Crippen LogP contribution in [0.5, 0.6) is 0 Å². The Morgan fingerprint density at radius 3 is 2.76 bits per heavy atom. The number of aryl methyl sites for hydroxylation is 1. The van der Waals surface area contributed by atoms with Crippen LogP contribution in [0.4, 0.5) is 0 Å². The van der Waals surface area contributed by atoms with Crippen molar-refractivity contribution in [3.05, 3.63) is 29.1 Å². The first kappa shape index (κ1) is 18.2. The van der Waals surface area contributed by atoms with Gasteiger partial charge in [0.25, 0.3) is 5.91 Å². The second kappa shape index (κ2) is 8.64. The summed E-state index contributed by atoms with van der Waals surface area (Å²) in [6.45, 7) is 5.25. The molecular formula is C17H21N3O3S2. The van der Waals surface area contributed by atoms with Crippen molar-refractivity contribution in [2.75, 3.05) is 37.8 Å². The van der Waals surface area contributed by atoms with Gasteiger partial charge in [-0.2, -0.15) is 4.99 Å². The molecule has 0 N–H and O–H groups in total. The maximum Gasteiger partial charge on any atom is 0.258 e. The summed E-state index contributed by atoms with van der Waals surface area (Å²) in [5.74, 6) is 0.385. The van der Waals surface area contributed by atoms with Crippen LogP contribution in [-0.4, -0.2) is 59.1 Å². The van der Waals surface area contributed by atoms with Crippen LogP contribution >= 0.6 is 23.1 Å². The van der Waals surface area contributed by atoms with Gasteiger partial charge in [-0.1, -0.05) is 23.5 Å². The number of thioether (sulfide) groups is 1. The molecule has 2 aromatic rings. The minimum absolute atomic E-state index is 0.0617. The van der Waals surface area contributed by atoms with Gasteiger partial charge < -0.3 is 14.2 Å². The van der Waals surface area contributed by atoms with Crippen molar-refractivity contribution in [1.29, 1.82) is 0 Å². The lowest BCUT2D eigenvalue weighted by Crippen LogP contribution is -2.41. The van der Waals surface area contributed by atoms with Crippen molar-refractivity contribution >= 4 is 45.1 Å². The zero-order valence-electron chi connectivity index (χ0n) is 14.1. The topological polar surface area (TPSA) is 63.9 Å². The van der Waals surface area contributed by atoms with E-state index < -0.39 is 0 Å². The van der Waals surface area contributed by atoms with E-state index in [1.807, 2.05) is 35.8 Å². The Morgan fingerprint density at radius 1 is 1.24 bits per heavy atom. The van der Waals surface area contributed by atoms with E-state index in [2.05, 4.69) is 4.99 Å². The fourth-order valence-corrected chi connectivity index (χ4v) is 4.49. The van der Waals surface area contributed by atoms with E-state index in [0.29, 0.717) is 36.9 Å². The number of aromatic nitrogens is 1. The van der Waals surface area contributed by atoms with Crippen molar-refractivity contribution in [2.24, 2.45) is 4.99 Å². The van der Waals surface area contributed by atoms with Gasteiger partial charge in [-0.05, 0) is 19.1 Å². The molecule has 0 unspecified atom stereocenters. The third-order valence-corrected chi connectivity index (χ3v) is 5.90. The Bertz CT molecular complexity index is 822. The SMILES string of the molecule is CCn1c(=NC(=O)CSCC(=O)N2CCOCC2)sc2ccccc21. The molecule has 8 heteroatoms. The third kappa shape index (κ3) is 4.50. The smallest absolute Gasteiger partial charge is 0.258 e. The maximum atomic E-state index is 12.2. The van der Waals surface area contributed by atoms with Crippen molar-refractivity contribution < 1.29 is 14.3 Å². The molecule has 0 saturated carbocycles. The molecule has 1 fully saturated rings. The summed E-state index contributed by atoms with van der Waals surface area (Å²) in [7, 11) is 0. The Morgan fingerprint density at radius 2 is 2.00 bits per heavy atom. The second-order valence-electron chi connectivity index (χ2n) is 5.59. The van der Waals surface area contributed by atoms with Gasteiger partial charge in [0.2, 0.25) is 5.91 Å². The van der Waals surface area contributed by atoms with Crippen LogP contribution in [-0.2, 0) is 20.9 Å². The molecule has 0 bridgehead atoms. The number of amides is 2. The van der Waals surface area contributed by atoms with Crippen molar-refractivity contribution in [1.82, 2.24) is 9.47 Å². The van der Waals surface area contributed by atoms with Crippen molar-refractivity contribution in [3.63, 3.8) is 0 Å². The van der Waals surface area contributed by atoms with Gasteiger partial charge in [-0.25, -0.2) is 0 Å². The fraction of sp³-hybridized carbons (Fsp3) is 0.471. The molecule has 0 atom stereocenters. The average molecular weight is 380 g/mol. The summed E-state index contributed by atoms with van der Waals surface area (Å²) in [6.07, 6.45) is 0. The molecule has 0 spiro atoms. The third-order valence-electron chi connectivity index (χ3n) is 3.94. The summed E-state index contributed by atoms with van der Waals surface area (Å²) in [6, 6.07) is 8.04. The van der Waals surface area contributed by atoms with Crippen molar-refractivity contribution in [2.45, 2.75) is 13.5 Å². The Labute approximate surface area is 154 Å². The Kier molecular flexibility index (Phi) is 6.28. The summed E-state index contributed by atoms with van der Waals surface area (Å²) < 4.78 is 8.39. The number of nitrogens with zero attached hydrogens (tertiary/aromatic N) is 3. The number of carbonyl (C=O) groups is 2. The van der Waals surface area contributed by atoms with Crippen LogP contribution in [0, 0.1) is 0 Å². The van der Waals surface area contributed by atoms with E-state index in [1.54, 1.807) is 4.90 Å². The van der Waals surface area contributed by atoms with E-state index in [4.69, 9.17) is 4.74 Å². The molecule has 2 heterocycles. The van der Waals surface area contributed by atoms with Crippen molar-refractivity contribution in [3.8, 4) is 0 Å². The molecule has 1 aromatic heterocycles. The number of thiazole rings is 1. The van der Waals surface area contributed by atoms with Crippen LogP contribution in [0.1, 0.15) is 6.92 Å².